The van der Waals surface area contributed by atoms with Crippen LogP contribution in [0.4, 0.5) is 14.4 Å². The summed E-state index contributed by atoms with van der Waals surface area (Å²) >= 11 is 0. The number of carboxylic acids is 2. The third-order valence-corrected chi connectivity index (χ3v) is 9.95. The SMILES string of the molecule is CC(C)(C)OC(=O)CCCNC(=O)OC(CCC(=O)O)CCC(=O)O.CC(C)(C)OC(=O)CCCNC(=O)OC(CCC=O)CCC=O.CNOC.CON(C)C(=O)CCC(CCC(=O)N(C)OC)OC(=O)NCCCC(=O)OC(C)(C)C.Cl.[AlH3].[H-].[Li+]. The second kappa shape index (κ2) is 56.2. The number of ether oxygens (including phenoxy) is 6. The summed E-state index contributed by atoms with van der Waals surface area (Å²) in [5.74, 6) is -3.71. The van der Waals surface area contributed by atoms with Crippen LogP contribution in [0.25, 0.3) is 0 Å². The number of hydrogen-bond donors (Lipinski definition) is 6. The molecular weight excluding hydrogens is 1170 g/mol. The van der Waals surface area contributed by atoms with E-state index in [2.05, 4.69) is 26.3 Å². The fourth-order valence-corrected chi connectivity index (χ4v) is 5.98. The first kappa shape index (κ1) is 94.4. The zero-order chi connectivity index (χ0) is 64.6. The van der Waals surface area contributed by atoms with E-state index in [9.17, 15) is 57.5 Å². The van der Waals surface area contributed by atoms with Gasteiger partial charge in [-0.05, 0) is 120 Å². The Balaban J connectivity index is -0.000000172. The standard InChI is InChI=1S/C20H37N3O8.C16H27NO8.C16H27NO6.C2H7NO.Al.ClH.Li.4H/c1-20(2,3)31-18(26)9-8-14-21-19(27)30-15(10-12-16(24)22(4)28-6)11-13-17(25)23(5)29-7;1-16(2,3)25-14(22)5-4-10-17-15(23)24-11(6-8-12(18)19)7-9-13(20)21;1-16(2,3)23-14(20)9-4-10-17-15(21)22-13(7-5-11-18)8-6-12-19;1-3-4-2;;;;;;;/h15H,8-14H2,1-7H3,(H,21,27);11H,4-10H2,1-3H3,(H,17,23)(H,18,19)(H,20,21);11-13H,4-10H2,1-3H3,(H,17,21);3H,1-2H3;;1H;;;;;/q;;;;;;+1;;;;-1. The molecule has 0 aromatic rings. The van der Waals surface area contributed by atoms with Crippen LogP contribution in [0.5, 0.6) is 0 Å². The Hall–Kier alpha value is -5.30. The zero-order valence-electron chi connectivity index (χ0n) is 54.0. The third kappa shape index (κ3) is 67.8. The Kier molecular flexibility index (Phi) is 61.7. The Labute approximate surface area is 537 Å². The molecule has 0 bridgehead atoms. The van der Waals surface area contributed by atoms with Crippen LogP contribution in [-0.2, 0) is 86.1 Å². The van der Waals surface area contributed by atoms with Gasteiger partial charge in [0.05, 0.1) is 21.3 Å². The van der Waals surface area contributed by atoms with Gasteiger partial charge in [0.1, 0.15) is 47.7 Å². The van der Waals surface area contributed by atoms with Crippen molar-refractivity contribution in [2.75, 3.05) is 62.1 Å². The Morgan fingerprint density at radius 1 is 0.477 bits per heavy atom. The van der Waals surface area contributed by atoms with Gasteiger partial charge in [0, 0.05) is 98.6 Å². The molecule has 0 aliphatic rings. The maximum Gasteiger partial charge on any atom is 1.00 e. The van der Waals surface area contributed by atoms with Gasteiger partial charge in [-0.3, -0.25) is 43.2 Å². The van der Waals surface area contributed by atoms with Crippen molar-refractivity contribution in [1.82, 2.24) is 31.6 Å². The van der Waals surface area contributed by atoms with Crippen LogP contribution >= 0.6 is 12.4 Å². The summed E-state index contributed by atoms with van der Waals surface area (Å²) in [7, 11) is 8.98. The first-order chi connectivity index (χ1) is 38.6. The monoisotopic (exact) mass is 1270 g/mol. The van der Waals surface area contributed by atoms with E-state index in [0.717, 1.165) is 22.7 Å². The quantitative estimate of drug-likeness (QED) is 0.0130. The van der Waals surface area contributed by atoms with Crippen LogP contribution in [0.1, 0.15) is 179 Å². The Bertz CT molecular complexity index is 1880. The van der Waals surface area contributed by atoms with Crippen molar-refractivity contribution >= 4 is 102 Å². The first-order valence-electron chi connectivity index (χ1n) is 27.2. The van der Waals surface area contributed by atoms with E-state index in [-0.39, 0.29) is 183 Å². The molecular formula is C54H103AlClLiN6O23. The van der Waals surface area contributed by atoms with Crippen molar-refractivity contribution < 1.29 is 131 Å². The molecule has 0 heterocycles. The predicted octanol–water partition coefficient (Wildman–Crippen LogP) is 2.02. The van der Waals surface area contributed by atoms with E-state index in [0.29, 0.717) is 32.1 Å². The summed E-state index contributed by atoms with van der Waals surface area (Å²) in [6, 6.07) is 0. The molecule has 0 saturated heterocycles. The van der Waals surface area contributed by atoms with Gasteiger partial charge >= 0.3 is 67.0 Å². The Morgan fingerprint density at radius 2 is 0.721 bits per heavy atom. The summed E-state index contributed by atoms with van der Waals surface area (Å²) < 4.78 is 31.1. The van der Waals surface area contributed by atoms with Crippen molar-refractivity contribution in [1.29, 1.82) is 0 Å². The van der Waals surface area contributed by atoms with Crippen LogP contribution < -0.4 is 40.3 Å². The topological polar surface area (TPSA) is 383 Å². The fourth-order valence-electron chi connectivity index (χ4n) is 5.98. The number of nitrogens with one attached hydrogen (secondary N) is 4. The normalized spacial score (nSPS) is 10.5. The van der Waals surface area contributed by atoms with Gasteiger partial charge in [0.25, 0.3) is 0 Å². The predicted molar refractivity (Wildman–Crippen MR) is 317 cm³/mol. The molecule has 6 N–H and O–H groups in total. The number of alkyl carbamates (subject to hydrolysis) is 3. The number of carbonyl (C=O) groups is 12. The molecule has 0 aliphatic carbocycles. The van der Waals surface area contributed by atoms with Gasteiger partial charge in [0.2, 0.25) is 11.8 Å². The molecule has 0 spiro atoms. The molecule has 0 aromatic heterocycles. The largest absolute Gasteiger partial charge is 1.00 e. The Morgan fingerprint density at radius 3 is 0.930 bits per heavy atom. The molecule has 0 rings (SSSR count). The van der Waals surface area contributed by atoms with E-state index in [4.69, 9.17) is 48.3 Å². The molecule has 0 radical (unpaired) electrons. The molecule has 0 saturated carbocycles. The van der Waals surface area contributed by atoms with E-state index in [1.54, 1.807) is 76.5 Å². The van der Waals surface area contributed by atoms with Gasteiger partial charge in [-0.15, -0.1) is 12.4 Å². The second-order valence-electron chi connectivity index (χ2n) is 20.9. The molecule has 0 atom stereocenters. The van der Waals surface area contributed by atoms with Gasteiger partial charge in [0.15, 0.2) is 17.4 Å². The summed E-state index contributed by atoms with van der Waals surface area (Å²) in [6.07, 6.45) is 0.760. The molecule has 498 valence electrons. The van der Waals surface area contributed by atoms with Crippen molar-refractivity contribution in [3.05, 3.63) is 0 Å². The number of hydroxylamine groups is 5. The number of halogens is 1. The van der Waals surface area contributed by atoms with Gasteiger partial charge in [-0.1, -0.05) is 0 Å². The van der Waals surface area contributed by atoms with E-state index >= 15 is 0 Å². The molecule has 0 unspecified atom stereocenters. The van der Waals surface area contributed by atoms with Crippen LogP contribution in [0.15, 0.2) is 0 Å². The van der Waals surface area contributed by atoms with Crippen LogP contribution in [0.2, 0.25) is 0 Å². The number of aldehydes is 2. The smallest absolute Gasteiger partial charge is 1.00 e. The third-order valence-electron chi connectivity index (χ3n) is 9.95. The van der Waals surface area contributed by atoms with Crippen molar-refractivity contribution in [2.45, 2.75) is 213 Å². The number of nitrogens with zero attached hydrogens (tertiary/aromatic N) is 2. The molecule has 86 heavy (non-hydrogen) atoms. The number of esters is 3. The van der Waals surface area contributed by atoms with Crippen LogP contribution in [-0.4, -0.2) is 207 Å². The number of hydrogen-bond acceptors (Lipinski definition) is 22. The summed E-state index contributed by atoms with van der Waals surface area (Å²) in [6.45, 7) is 16.7. The van der Waals surface area contributed by atoms with Crippen molar-refractivity contribution in [2.24, 2.45) is 0 Å². The number of carbonyl (C=O) groups excluding carboxylic acids is 10. The maximum absolute atomic E-state index is 12.1. The van der Waals surface area contributed by atoms with E-state index in [1.165, 1.54) is 28.3 Å². The summed E-state index contributed by atoms with van der Waals surface area (Å²) in [4.78, 5) is 150. The van der Waals surface area contributed by atoms with E-state index < -0.39 is 65.3 Å². The molecule has 32 heteroatoms. The number of carboxylic acid groups (broad SMARTS) is 2. The average Bonchev–Trinajstić information content (AvgIpc) is 3.46. The first-order valence-corrected chi connectivity index (χ1v) is 27.2. The molecule has 5 amide bonds. The van der Waals surface area contributed by atoms with Crippen molar-refractivity contribution in [3.8, 4) is 0 Å². The van der Waals surface area contributed by atoms with E-state index in [1.807, 2.05) is 0 Å². The van der Waals surface area contributed by atoms with Gasteiger partial charge in [-0.2, -0.15) is 0 Å². The minimum Gasteiger partial charge on any atom is -1.00 e. The van der Waals surface area contributed by atoms with Gasteiger partial charge in [-0.25, -0.2) is 30.0 Å². The van der Waals surface area contributed by atoms with Crippen LogP contribution in [0.3, 0.4) is 0 Å². The zero-order valence-corrected chi connectivity index (χ0v) is 53.8. The molecule has 0 aliphatic heterocycles. The average molecular weight is 1270 g/mol. The number of amides is 5. The number of aliphatic carboxylic acids is 2. The second-order valence-corrected chi connectivity index (χ2v) is 20.9. The minimum absolute atomic E-state index is 0. The molecule has 0 aromatic carbocycles. The molecule has 29 nitrogen and oxygen atoms in total. The maximum atomic E-state index is 12.1. The summed E-state index contributed by atoms with van der Waals surface area (Å²) in [5.41, 5.74) is 0.790. The van der Waals surface area contributed by atoms with Gasteiger partial charge < -0.3 is 70.4 Å². The summed E-state index contributed by atoms with van der Waals surface area (Å²) in [5, 5.41) is 27.0. The number of rotatable bonds is 36. The molecule has 0 fully saturated rings. The minimum atomic E-state index is -1.05. The van der Waals surface area contributed by atoms with Crippen LogP contribution in [0, 0.1) is 0 Å². The van der Waals surface area contributed by atoms with Crippen molar-refractivity contribution in [3.63, 3.8) is 0 Å². The fraction of sp³-hybridized carbons (Fsp3) is 0.778.